The molecule has 3 aliphatic rings. The molecule has 0 amide bonds. The smallest absolute Gasteiger partial charge is 0.333 e. The van der Waals surface area contributed by atoms with Gasteiger partial charge in [-0.15, -0.1) is 0 Å². The van der Waals surface area contributed by atoms with E-state index in [4.69, 9.17) is 9.26 Å². The highest BCUT2D eigenvalue weighted by atomic mass is 35.5. The second-order valence-electron chi connectivity index (χ2n) is 10.3. The quantitative estimate of drug-likeness (QED) is 0.269. The monoisotopic (exact) mass is 548 g/mol. The van der Waals surface area contributed by atoms with Crippen molar-refractivity contribution in [3.63, 3.8) is 0 Å². The number of anilines is 1. The van der Waals surface area contributed by atoms with Crippen molar-refractivity contribution in [2.75, 3.05) is 25.0 Å². The van der Waals surface area contributed by atoms with Crippen molar-refractivity contribution in [1.82, 2.24) is 10.1 Å². The highest BCUT2D eigenvalue weighted by Crippen LogP contribution is 2.38. The average molecular weight is 549 g/mol. The lowest BCUT2D eigenvalue weighted by molar-refractivity contribution is -0.958. The van der Waals surface area contributed by atoms with Crippen LogP contribution in [0.15, 0.2) is 89.5 Å². The summed E-state index contributed by atoms with van der Waals surface area (Å²) in [6.07, 6.45) is 1.79. The van der Waals surface area contributed by atoms with E-state index in [1.54, 1.807) is 12.1 Å². The molecule has 0 saturated carbocycles. The van der Waals surface area contributed by atoms with Crippen LogP contribution in [0.1, 0.15) is 30.3 Å². The fourth-order valence-electron chi connectivity index (χ4n) is 5.75. The molecule has 0 aliphatic carbocycles. The Morgan fingerprint density at radius 2 is 1.67 bits per heavy atom. The number of carbonyl (C=O) groups excluding carboxylic acids is 1. The summed E-state index contributed by atoms with van der Waals surface area (Å²) in [6, 6.07) is 24.5. The minimum atomic E-state index is -0.698. The van der Waals surface area contributed by atoms with Crippen molar-refractivity contribution < 1.29 is 35.3 Å². The Morgan fingerprint density at radius 1 is 1.00 bits per heavy atom. The molecule has 7 nitrogen and oxygen atoms in total. The second kappa shape index (κ2) is 11.6. The van der Waals surface area contributed by atoms with Crippen molar-refractivity contribution in [3.05, 3.63) is 102 Å². The first-order chi connectivity index (χ1) is 18.6. The molecule has 0 radical (unpaired) electrons. The highest BCUT2D eigenvalue weighted by Gasteiger charge is 2.48. The summed E-state index contributed by atoms with van der Waals surface area (Å²) in [4.78, 5) is 18.2. The van der Waals surface area contributed by atoms with Gasteiger partial charge in [0.15, 0.2) is 12.1 Å². The molecule has 3 aromatic carbocycles. The number of fused-ring (bicyclic) bond motifs is 3. The standard InChI is InChI=1S/C30H30FN4O3.ClH/c31-24-11-13-25(14-12-24)32-28(22-7-3-1-4-8-22)30(36)37-26-19-35(17-15-21(26)16-18-35)20-27-33-29(38-34-27)23-9-5-2-6-10-23;/h1-14,21,26,28,32H,15-20H2;1H/q+1;/p-1/t21?,26-,28+,35?;/m0./s1. The normalized spacial score (nSPS) is 22.5. The number of quaternary nitrogens is 1. The third-order valence-corrected chi connectivity index (χ3v) is 7.80. The van der Waals surface area contributed by atoms with Gasteiger partial charge >= 0.3 is 5.97 Å². The molecule has 4 aromatic rings. The van der Waals surface area contributed by atoms with E-state index in [1.807, 2.05) is 60.7 Å². The number of piperidine rings is 3. The number of nitrogens with zero attached hydrogens (tertiary/aromatic N) is 3. The highest BCUT2D eigenvalue weighted by molar-refractivity contribution is 5.81. The van der Waals surface area contributed by atoms with E-state index in [9.17, 15) is 9.18 Å². The summed E-state index contributed by atoms with van der Waals surface area (Å²) in [7, 11) is 0. The van der Waals surface area contributed by atoms with Gasteiger partial charge in [0.1, 0.15) is 18.9 Å². The number of hydrogen-bond donors (Lipinski definition) is 1. The molecule has 3 aliphatic heterocycles. The van der Waals surface area contributed by atoms with E-state index in [1.165, 1.54) is 12.1 Å². The Bertz CT molecular complexity index is 1380. The zero-order chi connectivity index (χ0) is 26.0. The van der Waals surface area contributed by atoms with Gasteiger partial charge in [-0.1, -0.05) is 53.7 Å². The lowest BCUT2D eigenvalue weighted by Crippen LogP contribution is -3.00. The van der Waals surface area contributed by atoms with Crippen molar-refractivity contribution in [2.24, 2.45) is 5.92 Å². The number of benzene rings is 3. The number of hydrogen-bond acceptors (Lipinski definition) is 6. The number of nitrogens with one attached hydrogen (secondary N) is 1. The molecule has 39 heavy (non-hydrogen) atoms. The first kappa shape index (κ1) is 26.8. The van der Waals surface area contributed by atoms with Gasteiger partial charge in [-0.25, -0.2) is 9.18 Å². The van der Waals surface area contributed by atoms with Crippen molar-refractivity contribution in [2.45, 2.75) is 31.5 Å². The van der Waals surface area contributed by atoms with Crippen LogP contribution < -0.4 is 17.7 Å². The number of ether oxygens (including phenoxy) is 1. The van der Waals surface area contributed by atoms with E-state index < -0.39 is 6.04 Å². The SMILES string of the molecule is O=C(O[C@H]1C[N+]2(Cc3noc(-c4ccccc4)n3)CCC1CC2)[C@H](Nc1ccc(F)cc1)c1ccccc1.[Cl-]. The van der Waals surface area contributed by atoms with Gasteiger partial charge in [-0.3, -0.25) is 0 Å². The molecule has 9 heteroatoms. The lowest BCUT2D eigenvalue weighted by Gasteiger charge is -2.51. The van der Waals surface area contributed by atoms with Crippen molar-refractivity contribution >= 4 is 11.7 Å². The number of aromatic nitrogens is 2. The molecule has 0 spiro atoms. The van der Waals surface area contributed by atoms with E-state index >= 15 is 0 Å². The molecule has 0 unspecified atom stereocenters. The van der Waals surface area contributed by atoms with Gasteiger partial charge in [0.25, 0.3) is 5.89 Å². The van der Waals surface area contributed by atoms with Crippen LogP contribution in [-0.4, -0.2) is 46.3 Å². The van der Waals surface area contributed by atoms with Crippen LogP contribution in [0.2, 0.25) is 0 Å². The summed E-state index contributed by atoms with van der Waals surface area (Å²) >= 11 is 0. The van der Waals surface area contributed by atoms with E-state index in [2.05, 4.69) is 15.5 Å². The first-order valence-electron chi connectivity index (χ1n) is 13.1. The molecular weight excluding hydrogens is 519 g/mol. The number of carbonyl (C=O) groups is 1. The Kier molecular flexibility index (Phi) is 7.95. The van der Waals surface area contributed by atoms with Gasteiger partial charge in [0, 0.05) is 30.0 Å². The van der Waals surface area contributed by atoms with Crippen LogP contribution in [0.4, 0.5) is 10.1 Å². The summed E-state index contributed by atoms with van der Waals surface area (Å²) in [6.45, 7) is 3.38. The molecule has 3 saturated heterocycles. The summed E-state index contributed by atoms with van der Waals surface area (Å²) < 4.78 is 26.0. The molecule has 1 N–H and O–H groups in total. The van der Waals surface area contributed by atoms with Crippen LogP contribution in [0.3, 0.4) is 0 Å². The zero-order valence-electron chi connectivity index (χ0n) is 21.4. The fourth-order valence-corrected chi connectivity index (χ4v) is 5.75. The maximum atomic E-state index is 13.6. The Hall–Kier alpha value is -3.75. The average Bonchev–Trinajstić information content (AvgIpc) is 3.42. The van der Waals surface area contributed by atoms with Crippen LogP contribution in [-0.2, 0) is 16.1 Å². The third-order valence-electron chi connectivity index (χ3n) is 7.80. The zero-order valence-corrected chi connectivity index (χ0v) is 22.1. The van der Waals surface area contributed by atoms with Gasteiger partial charge in [0.05, 0.1) is 13.1 Å². The van der Waals surface area contributed by atoms with E-state index in [-0.39, 0.29) is 30.3 Å². The molecule has 3 fully saturated rings. The van der Waals surface area contributed by atoms with Gasteiger partial charge in [0.2, 0.25) is 5.82 Å². The summed E-state index contributed by atoms with van der Waals surface area (Å²) in [5.74, 6) is 0.878. The molecular formula is C30H30ClFN4O3. The molecule has 2 bridgehead atoms. The minimum absolute atomic E-state index is 0. The first-order valence-corrected chi connectivity index (χ1v) is 13.1. The number of halogens is 2. The Balaban J connectivity index is 0.00000308. The predicted octanol–water partition coefficient (Wildman–Crippen LogP) is 2.39. The number of rotatable bonds is 8. The van der Waals surface area contributed by atoms with Gasteiger partial charge in [-0.05, 0) is 42.0 Å². The maximum absolute atomic E-state index is 13.6. The van der Waals surface area contributed by atoms with Gasteiger partial charge < -0.3 is 31.5 Å². The summed E-state index contributed by atoms with van der Waals surface area (Å²) in [5, 5.41) is 7.50. The molecule has 2 atom stereocenters. The van der Waals surface area contributed by atoms with E-state index in [0.717, 1.165) is 48.1 Å². The van der Waals surface area contributed by atoms with Crippen molar-refractivity contribution in [1.29, 1.82) is 0 Å². The maximum Gasteiger partial charge on any atom is 0.333 e. The van der Waals surface area contributed by atoms with Gasteiger partial charge in [-0.2, -0.15) is 4.98 Å². The third kappa shape index (κ3) is 5.97. The van der Waals surface area contributed by atoms with Crippen LogP contribution in [0, 0.1) is 11.7 Å². The lowest BCUT2D eigenvalue weighted by atomic mass is 9.83. The largest absolute Gasteiger partial charge is 1.00 e. The summed E-state index contributed by atoms with van der Waals surface area (Å²) in [5.41, 5.74) is 2.35. The number of esters is 1. The van der Waals surface area contributed by atoms with Crippen LogP contribution >= 0.6 is 0 Å². The molecule has 202 valence electrons. The molecule has 1 aromatic heterocycles. The second-order valence-corrected chi connectivity index (χ2v) is 10.3. The minimum Gasteiger partial charge on any atom is -1.00 e. The fraction of sp³-hybridized carbons (Fsp3) is 0.300. The molecule has 7 rings (SSSR count). The van der Waals surface area contributed by atoms with Crippen LogP contribution in [0.5, 0.6) is 0 Å². The van der Waals surface area contributed by atoms with Crippen LogP contribution in [0.25, 0.3) is 11.5 Å². The van der Waals surface area contributed by atoms with E-state index in [0.29, 0.717) is 29.9 Å². The topological polar surface area (TPSA) is 77.2 Å². The Labute approximate surface area is 233 Å². The Morgan fingerprint density at radius 3 is 2.36 bits per heavy atom. The van der Waals surface area contributed by atoms with Crippen molar-refractivity contribution in [3.8, 4) is 11.5 Å². The molecule has 4 heterocycles. The predicted molar refractivity (Wildman–Crippen MR) is 140 cm³/mol.